The van der Waals surface area contributed by atoms with Gasteiger partial charge >= 0.3 is 0 Å². The van der Waals surface area contributed by atoms with E-state index in [1.54, 1.807) is 0 Å². The minimum absolute atomic E-state index is 0.343. The summed E-state index contributed by atoms with van der Waals surface area (Å²) in [5, 5.41) is 11.7. The molecule has 0 saturated carbocycles. The average molecular weight is 201 g/mol. The molecule has 76 valence electrons. The molecule has 5 heteroatoms. The van der Waals surface area contributed by atoms with Crippen molar-refractivity contribution in [2.24, 2.45) is 21.0 Å². The summed E-state index contributed by atoms with van der Waals surface area (Å²) in [6.45, 7) is 1.81. The number of hydrazone groups is 1. The first-order valence-corrected chi connectivity index (χ1v) is 4.54. The first-order chi connectivity index (χ1) is 7.27. The molecule has 1 aromatic rings. The van der Waals surface area contributed by atoms with Crippen molar-refractivity contribution in [3.63, 3.8) is 0 Å². The van der Waals surface area contributed by atoms with Gasteiger partial charge in [-0.3, -0.25) is 5.43 Å². The van der Waals surface area contributed by atoms with E-state index >= 15 is 0 Å². The molecular weight excluding hydrogens is 190 g/mol. The highest BCUT2D eigenvalue weighted by Crippen LogP contribution is 2.05. The first-order valence-electron chi connectivity index (χ1n) is 4.54. The Hall–Kier alpha value is -2.17. The van der Waals surface area contributed by atoms with E-state index in [1.807, 2.05) is 37.3 Å². The van der Waals surface area contributed by atoms with Crippen molar-refractivity contribution in [1.82, 2.24) is 0 Å². The molecule has 2 rings (SSSR count). The van der Waals surface area contributed by atoms with Crippen molar-refractivity contribution >= 4 is 22.9 Å². The Morgan fingerprint density at radius 2 is 1.93 bits per heavy atom. The van der Waals surface area contributed by atoms with Crippen LogP contribution in [-0.4, -0.2) is 17.3 Å². The van der Waals surface area contributed by atoms with Gasteiger partial charge in [-0.15, -0.1) is 5.10 Å². The Labute approximate surface area is 87.4 Å². The summed E-state index contributed by atoms with van der Waals surface area (Å²) in [5.41, 5.74) is 10.7. The molecule has 0 aromatic heterocycles. The Morgan fingerprint density at radius 1 is 1.20 bits per heavy atom. The van der Waals surface area contributed by atoms with E-state index in [1.165, 1.54) is 0 Å². The second kappa shape index (κ2) is 3.91. The lowest BCUT2D eigenvalue weighted by molar-refractivity contribution is 1.25. The number of para-hydroxylation sites is 1. The lowest BCUT2D eigenvalue weighted by Crippen LogP contribution is -2.26. The molecule has 1 aliphatic heterocycles. The van der Waals surface area contributed by atoms with Gasteiger partial charge in [0, 0.05) is 0 Å². The number of hydrogen-bond donors (Lipinski definition) is 2. The third kappa shape index (κ3) is 2.01. The minimum Gasteiger partial charge on any atom is -0.380 e. The van der Waals surface area contributed by atoms with Crippen LogP contribution in [-0.2, 0) is 0 Å². The quantitative estimate of drug-likeness (QED) is 0.705. The Bertz CT molecular complexity index is 424. The molecule has 1 aliphatic rings. The first kappa shape index (κ1) is 9.39. The molecule has 15 heavy (non-hydrogen) atoms. The van der Waals surface area contributed by atoms with Crippen molar-refractivity contribution in [3.8, 4) is 0 Å². The molecule has 5 nitrogen and oxygen atoms in total. The van der Waals surface area contributed by atoms with Crippen molar-refractivity contribution in [2.45, 2.75) is 6.92 Å². The molecule has 0 saturated heterocycles. The van der Waals surface area contributed by atoms with Gasteiger partial charge < -0.3 is 5.73 Å². The number of nitrogens with two attached hydrogens (primary N) is 1. The van der Waals surface area contributed by atoms with Crippen LogP contribution < -0.4 is 11.2 Å². The molecule has 0 atom stereocenters. The largest absolute Gasteiger partial charge is 0.380 e. The fourth-order valence-electron chi connectivity index (χ4n) is 1.18. The summed E-state index contributed by atoms with van der Waals surface area (Å²) in [6.07, 6.45) is 0. The van der Waals surface area contributed by atoms with E-state index in [9.17, 15) is 0 Å². The zero-order valence-corrected chi connectivity index (χ0v) is 8.31. The molecule has 0 aliphatic carbocycles. The number of rotatable bonds is 2. The topological polar surface area (TPSA) is 75.1 Å². The predicted molar refractivity (Wildman–Crippen MR) is 62.2 cm³/mol. The highest BCUT2D eigenvalue weighted by Gasteiger charge is 2.14. The number of benzene rings is 1. The van der Waals surface area contributed by atoms with Crippen LogP contribution in [0.1, 0.15) is 6.92 Å². The van der Waals surface area contributed by atoms with Crippen molar-refractivity contribution in [3.05, 3.63) is 30.3 Å². The highest BCUT2D eigenvalue weighted by molar-refractivity contribution is 6.69. The predicted octanol–water partition coefficient (Wildman–Crippen LogP) is 1.20. The normalized spacial score (nSPS) is 17.5. The molecule has 0 unspecified atom stereocenters. The van der Waals surface area contributed by atoms with Crippen LogP contribution in [0.3, 0.4) is 0 Å². The maximum atomic E-state index is 5.60. The van der Waals surface area contributed by atoms with Crippen LogP contribution in [0.5, 0.6) is 0 Å². The van der Waals surface area contributed by atoms with Crippen molar-refractivity contribution in [2.75, 3.05) is 5.43 Å². The number of anilines is 1. The second-order valence-corrected chi connectivity index (χ2v) is 3.11. The maximum Gasteiger partial charge on any atom is 0.175 e. The van der Waals surface area contributed by atoms with Crippen LogP contribution in [0, 0.1) is 0 Å². The summed E-state index contributed by atoms with van der Waals surface area (Å²) >= 11 is 0. The van der Waals surface area contributed by atoms with Gasteiger partial charge in [0.05, 0.1) is 11.4 Å². The Balaban J connectivity index is 2.13. The van der Waals surface area contributed by atoms with Gasteiger partial charge in [0.1, 0.15) is 0 Å². The van der Waals surface area contributed by atoms with Crippen molar-refractivity contribution in [1.29, 1.82) is 0 Å². The van der Waals surface area contributed by atoms with Gasteiger partial charge in [-0.25, -0.2) is 0 Å². The van der Waals surface area contributed by atoms with Gasteiger partial charge in [0.25, 0.3) is 0 Å². The van der Waals surface area contributed by atoms with Gasteiger partial charge in [-0.1, -0.05) is 18.2 Å². The van der Waals surface area contributed by atoms with E-state index < -0.39 is 0 Å². The van der Waals surface area contributed by atoms with Crippen LogP contribution >= 0.6 is 0 Å². The number of nitrogens with one attached hydrogen (secondary N) is 1. The second-order valence-electron chi connectivity index (χ2n) is 3.11. The monoisotopic (exact) mass is 201 g/mol. The summed E-state index contributed by atoms with van der Waals surface area (Å²) in [5.74, 6) is 0.343. The van der Waals surface area contributed by atoms with E-state index in [-0.39, 0.29) is 0 Å². The van der Waals surface area contributed by atoms with E-state index in [0.29, 0.717) is 11.5 Å². The molecule has 0 fully saturated rings. The maximum absolute atomic E-state index is 5.60. The lowest BCUT2D eigenvalue weighted by atomic mass is 10.2. The zero-order chi connectivity index (χ0) is 10.7. The molecule has 1 heterocycles. The lowest BCUT2D eigenvalue weighted by Gasteiger charge is -2.01. The highest BCUT2D eigenvalue weighted by atomic mass is 15.3. The SMILES string of the molecule is CC1=NN=C(N)/C1=N/Nc1ccccc1. The average Bonchev–Trinajstić information content (AvgIpc) is 2.58. The third-order valence-electron chi connectivity index (χ3n) is 1.96. The molecule has 0 radical (unpaired) electrons. The molecule has 0 spiro atoms. The van der Waals surface area contributed by atoms with E-state index in [4.69, 9.17) is 5.73 Å². The van der Waals surface area contributed by atoms with E-state index in [0.717, 1.165) is 11.4 Å². The zero-order valence-electron chi connectivity index (χ0n) is 8.31. The number of nitrogens with zero attached hydrogens (tertiary/aromatic N) is 3. The standard InChI is InChI=1S/C10H11N5/c1-7-9(10(11)15-12-7)14-13-8-5-3-2-4-6-8/h2-6,13H,1H3,(H2,11,14,15). The van der Waals surface area contributed by atoms with Gasteiger partial charge in [-0.2, -0.15) is 10.2 Å². The summed E-state index contributed by atoms with van der Waals surface area (Å²) in [7, 11) is 0. The number of amidine groups is 1. The smallest absolute Gasteiger partial charge is 0.175 e. The molecule has 0 bridgehead atoms. The summed E-state index contributed by atoms with van der Waals surface area (Å²) < 4.78 is 0. The fraction of sp³-hybridized carbons (Fsp3) is 0.100. The van der Waals surface area contributed by atoms with E-state index in [2.05, 4.69) is 20.7 Å². The van der Waals surface area contributed by atoms with Crippen molar-refractivity contribution < 1.29 is 0 Å². The van der Waals surface area contributed by atoms with Crippen LogP contribution in [0.25, 0.3) is 0 Å². The molecule has 3 N–H and O–H groups in total. The van der Waals surface area contributed by atoms with Crippen LogP contribution in [0.2, 0.25) is 0 Å². The van der Waals surface area contributed by atoms with Crippen LogP contribution in [0.15, 0.2) is 45.6 Å². The molecular formula is C10H11N5. The Kier molecular flexibility index (Phi) is 2.45. The van der Waals surface area contributed by atoms with Gasteiger partial charge in [0.15, 0.2) is 11.5 Å². The summed E-state index contributed by atoms with van der Waals surface area (Å²) in [4.78, 5) is 0. The third-order valence-corrected chi connectivity index (χ3v) is 1.96. The van der Waals surface area contributed by atoms with Crippen LogP contribution in [0.4, 0.5) is 5.69 Å². The Morgan fingerprint density at radius 3 is 2.53 bits per heavy atom. The summed E-state index contributed by atoms with van der Waals surface area (Å²) in [6, 6.07) is 9.62. The van der Waals surface area contributed by atoms with Gasteiger partial charge in [-0.05, 0) is 19.1 Å². The molecule has 1 aromatic carbocycles. The minimum atomic E-state index is 0.343. The molecule has 0 amide bonds. The number of hydrogen-bond acceptors (Lipinski definition) is 5. The van der Waals surface area contributed by atoms with Gasteiger partial charge in [0.2, 0.25) is 0 Å². The fourth-order valence-corrected chi connectivity index (χ4v) is 1.18.